The van der Waals surface area contributed by atoms with Gasteiger partial charge in [0, 0.05) is 13.0 Å². The van der Waals surface area contributed by atoms with Gasteiger partial charge in [-0.3, -0.25) is 13.9 Å². The van der Waals surface area contributed by atoms with Crippen LogP contribution in [0, 0.1) is 0 Å². The fraction of sp³-hybridized carbons (Fsp3) is 0.310. The highest BCUT2D eigenvalue weighted by Crippen LogP contribution is 2.37. The SMILES string of the molecule is CC(C)(C)c1ccc(S(=O)(=O)N2c3ccccc3C[C@H]2C(=O)NCc2cccc(OCCC(=O)O)c2)cc1. The Balaban J connectivity index is 1.54. The molecule has 0 radical (unpaired) electrons. The number of sulfonamides is 1. The Morgan fingerprint density at radius 3 is 2.42 bits per heavy atom. The van der Waals surface area contributed by atoms with E-state index in [2.05, 4.69) is 26.1 Å². The molecule has 0 saturated carbocycles. The number of amides is 1. The first-order chi connectivity index (χ1) is 18.0. The number of carbonyl (C=O) groups excluding carboxylic acids is 1. The van der Waals surface area contributed by atoms with Crippen molar-refractivity contribution in [1.82, 2.24) is 5.32 Å². The number of aliphatic carboxylic acids is 1. The van der Waals surface area contributed by atoms with Gasteiger partial charge in [-0.25, -0.2) is 8.42 Å². The quantitative estimate of drug-likeness (QED) is 0.422. The predicted octanol–water partition coefficient (Wildman–Crippen LogP) is 4.27. The lowest BCUT2D eigenvalue weighted by Crippen LogP contribution is -2.47. The molecule has 0 unspecified atom stereocenters. The largest absolute Gasteiger partial charge is 0.493 e. The van der Waals surface area contributed by atoms with Gasteiger partial charge in [0.1, 0.15) is 11.8 Å². The zero-order valence-electron chi connectivity index (χ0n) is 21.7. The van der Waals surface area contributed by atoms with Gasteiger partial charge in [0.05, 0.1) is 23.6 Å². The van der Waals surface area contributed by atoms with Gasteiger partial charge in [-0.1, -0.05) is 63.2 Å². The topological polar surface area (TPSA) is 113 Å². The van der Waals surface area contributed by atoms with Crippen LogP contribution < -0.4 is 14.4 Å². The standard InChI is InChI=1S/C29H32N2O6S/c1-29(2,3)22-11-13-24(14-12-22)38(35,36)31-25-10-5-4-8-21(25)18-26(31)28(34)30-19-20-7-6-9-23(17-20)37-16-15-27(32)33/h4-14,17,26H,15-16,18-19H2,1-3H3,(H,30,34)(H,32,33)/t26-/m0/s1. The number of nitrogens with zero attached hydrogens (tertiary/aromatic N) is 1. The van der Waals surface area contributed by atoms with Crippen LogP contribution in [0.5, 0.6) is 5.75 Å². The smallest absolute Gasteiger partial charge is 0.306 e. The van der Waals surface area contributed by atoms with Crippen LogP contribution in [0.2, 0.25) is 0 Å². The maximum atomic E-state index is 13.8. The van der Waals surface area contributed by atoms with Gasteiger partial charge in [0.15, 0.2) is 0 Å². The fourth-order valence-electron chi connectivity index (χ4n) is 4.40. The number of rotatable bonds is 9. The highest BCUT2D eigenvalue weighted by molar-refractivity contribution is 7.93. The van der Waals surface area contributed by atoms with E-state index in [-0.39, 0.29) is 36.3 Å². The van der Waals surface area contributed by atoms with Gasteiger partial charge in [-0.05, 0) is 52.4 Å². The first kappa shape index (κ1) is 27.2. The van der Waals surface area contributed by atoms with E-state index in [1.165, 1.54) is 4.31 Å². The lowest BCUT2D eigenvalue weighted by Gasteiger charge is -2.27. The third-order valence-electron chi connectivity index (χ3n) is 6.46. The average Bonchev–Trinajstić information content (AvgIpc) is 3.28. The molecule has 1 aliphatic rings. The van der Waals surface area contributed by atoms with Crippen LogP contribution in [0.1, 0.15) is 43.9 Å². The molecule has 3 aromatic carbocycles. The molecule has 0 saturated heterocycles. The molecule has 1 heterocycles. The Morgan fingerprint density at radius 2 is 1.74 bits per heavy atom. The Kier molecular flexibility index (Phi) is 7.78. The molecule has 0 fully saturated rings. The molecule has 2 N–H and O–H groups in total. The molecule has 200 valence electrons. The van der Waals surface area contributed by atoms with Crippen molar-refractivity contribution in [3.05, 3.63) is 89.5 Å². The van der Waals surface area contributed by atoms with Crippen LogP contribution in [0.25, 0.3) is 0 Å². The number of carbonyl (C=O) groups is 2. The maximum Gasteiger partial charge on any atom is 0.306 e. The lowest BCUT2D eigenvalue weighted by atomic mass is 9.87. The summed E-state index contributed by atoms with van der Waals surface area (Å²) in [5.41, 5.74) is 2.93. The zero-order valence-corrected chi connectivity index (χ0v) is 22.5. The third-order valence-corrected chi connectivity index (χ3v) is 8.29. The Hall–Kier alpha value is -3.85. The van der Waals surface area contributed by atoms with Crippen LogP contribution in [0.3, 0.4) is 0 Å². The number of carboxylic acid groups (broad SMARTS) is 1. The number of fused-ring (bicyclic) bond motifs is 1. The summed E-state index contributed by atoms with van der Waals surface area (Å²) in [6, 6.07) is 20.0. The number of hydrogen-bond donors (Lipinski definition) is 2. The molecule has 0 bridgehead atoms. The Morgan fingerprint density at radius 1 is 1.03 bits per heavy atom. The molecular formula is C29H32N2O6S. The number of ether oxygens (including phenoxy) is 1. The molecule has 1 aliphatic heterocycles. The van der Waals surface area contributed by atoms with E-state index in [9.17, 15) is 18.0 Å². The summed E-state index contributed by atoms with van der Waals surface area (Å²) in [6.45, 7) is 6.38. The molecule has 3 aromatic rings. The summed E-state index contributed by atoms with van der Waals surface area (Å²) in [4.78, 5) is 24.2. The molecule has 8 nitrogen and oxygen atoms in total. The molecule has 0 aromatic heterocycles. The van der Waals surface area contributed by atoms with Gasteiger partial charge in [0.25, 0.3) is 10.0 Å². The first-order valence-electron chi connectivity index (χ1n) is 12.4. The zero-order chi connectivity index (χ0) is 27.5. The van der Waals surface area contributed by atoms with Crippen LogP contribution >= 0.6 is 0 Å². The summed E-state index contributed by atoms with van der Waals surface area (Å²) in [5.74, 6) is -0.863. The van der Waals surface area contributed by atoms with Crippen LogP contribution in [0.4, 0.5) is 5.69 Å². The second-order valence-corrected chi connectivity index (χ2v) is 12.1. The highest BCUT2D eigenvalue weighted by atomic mass is 32.2. The van der Waals surface area contributed by atoms with E-state index in [4.69, 9.17) is 9.84 Å². The maximum absolute atomic E-state index is 13.8. The van der Waals surface area contributed by atoms with Gasteiger partial charge in [0.2, 0.25) is 5.91 Å². The minimum atomic E-state index is -4.01. The normalized spacial score (nSPS) is 15.1. The van der Waals surface area contributed by atoms with Crippen molar-refractivity contribution in [3.8, 4) is 5.75 Å². The number of hydrogen-bond acceptors (Lipinski definition) is 5. The molecule has 1 atom stereocenters. The highest BCUT2D eigenvalue weighted by Gasteiger charge is 2.42. The van der Waals surface area contributed by atoms with Gasteiger partial charge >= 0.3 is 5.97 Å². The van der Waals surface area contributed by atoms with Crippen LogP contribution in [0.15, 0.2) is 77.7 Å². The first-order valence-corrected chi connectivity index (χ1v) is 13.8. The average molecular weight is 537 g/mol. The Labute approximate surface area is 223 Å². The number of nitrogens with one attached hydrogen (secondary N) is 1. The molecular weight excluding hydrogens is 504 g/mol. The molecule has 1 amide bonds. The monoisotopic (exact) mass is 536 g/mol. The van der Waals surface area contributed by atoms with Crippen LogP contribution in [-0.2, 0) is 38.0 Å². The minimum Gasteiger partial charge on any atom is -0.493 e. The van der Waals surface area contributed by atoms with Crippen molar-refractivity contribution in [2.45, 2.75) is 56.5 Å². The summed E-state index contributed by atoms with van der Waals surface area (Å²) < 4.78 is 34.4. The van der Waals surface area contributed by atoms with Gasteiger partial charge in [-0.15, -0.1) is 0 Å². The van der Waals surface area contributed by atoms with Gasteiger partial charge in [-0.2, -0.15) is 0 Å². The minimum absolute atomic E-state index is 0.0367. The molecule has 9 heteroatoms. The number of carboxylic acids is 1. The second kappa shape index (κ2) is 10.9. The number of benzene rings is 3. The van der Waals surface area contributed by atoms with E-state index < -0.39 is 27.9 Å². The van der Waals surface area contributed by atoms with Crippen molar-refractivity contribution < 1.29 is 27.9 Å². The summed E-state index contributed by atoms with van der Waals surface area (Å²) in [5, 5.41) is 11.6. The summed E-state index contributed by atoms with van der Waals surface area (Å²) in [7, 11) is -4.01. The van der Waals surface area contributed by atoms with Crippen molar-refractivity contribution >= 4 is 27.6 Å². The van der Waals surface area contributed by atoms with Crippen molar-refractivity contribution in [3.63, 3.8) is 0 Å². The number of para-hydroxylation sites is 1. The molecule has 0 aliphatic carbocycles. The number of anilines is 1. The second-order valence-electron chi connectivity index (χ2n) is 10.3. The third kappa shape index (κ3) is 5.99. The van der Waals surface area contributed by atoms with Gasteiger partial charge < -0.3 is 15.2 Å². The molecule has 38 heavy (non-hydrogen) atoms. The van der Waals surface area contributed by atoms with Crippen molar-refractivity contribution in [2.24, 2.45) is 0 Å². The lowest BCUT2D eigenvalue weighted by molar-refractivity contribution is -0.137. The van der Waals surface area contributed by atoms with Crippen molar-refractivity contribution in [2.75, 3.05) is 10.9 Å². The predicted molar refractivity (Wildman–Crippen MR) is 145 cm³/mol. The summed E-state index contributed by atoms with van der Waals surface area (Å²) in [6.07, 6.45) is 0.145. The van der Waals surface area contributed by atoms with Crippen molar-refractivity contribution in [1.29, 1.82) is 0 Å². The summed E-state index contributed by atoms with van der Waals surface area (Å²) >= 11 is 0. The van der Waals surface area contributed by atoms with Crippen LogP contribution in [-0.4, -0.2) is 38.0 Å². The Bertz CT molecular complexity index is 1430. The fourth-order valence-corrected chi connectivity index (χ4v) is 6.05. The van der Waals surface area contributed by atoms with E-state index >= 15 is 0 Å². The van der Waals surface area contributed by atoms with E-state index in [0.717, 1.165) is 16.7 Å². The van der Waals surface area contributed by atoms with E-state index in [0.29, 0.717) is 11.4 Å². The molecule has 0 spiro atoms. The van der Waals surface area contributed by atoms with E-state index in [1.807, 2.05) is 24.3 Å². The molecule has 4 rings (SSSR count). The van der Waals surface area contributed by atoms with E-state index in [1.54, 1.807) is 48.5 Å².